The summed E-state index contributed by atoms with van der Waals surface area (Å²) >= 11 is 0. The van der Waals surface area contributed by atoms with Crippen LogP contribution in [0.1, 0.15) is 24.2 Å². The molecule has 1 N–H and O–H groups in total. The molecule has 0 spiro atoms. The van der Waals surface area contributed by atoms with Gasteiger partial charge in [0.05, 0.1) is 11.0 Å². The van der Waals surface area contributed by atoms with Gasteiger partial charge in [-0.05, 0) is 50.9 Å². The van der Waals surface area contributed by atoms with Crippen LogP contribution in [0.4, 0.5) is 0 Å². The van der Waals surface area contributed by atoms with Crippen molar-refractivity contribution < 1.29 is 0 Å². The number of hydrogen-bond acceptors (Lipinski definition) is 2. The molecule has 1 aliphatic heterocycles. The van der Waals surface area contributed by atoms with Crippen LogP contribution in [0.5, 0.6) is 0 Å². The molecule has 1 unspecified atom stereocenters. The predicted molar refractivity (Wildman–Crippen MR) is 70.2 cm³/mol. The Balaban J connectivity index is 1.99. The monoisotopic (exact) mass is 229 g/mol. The second-order valence-corrected chi connectivity index (χ2v) is 5.06. The van der Waals surface area contributed by atoms with Crippen LogP contribution in [0.25, 0.3) is 11.0 Å². The normalized spacial score (nSPS) is 20.2. The fraction of sp³-hybridized carbons (Fsp3) is 0.500. The number of aryl methyl sites for hydroxylation is 2. The third kappa shape index (κ3) is 1.95. The summed E-state index contributed by atoms with van der Waals surface area (Å²) in [5.41, 5.74) is 3.67. The van der Waals surface area contributed by atoms with E-state index in [4.69, 9.17) is 0 Å². The molecule has 3 heteroatoms. The Morgan fingerprint density at radius 3 is 3.06 bits per heavy atom. The first-order valence-electron chi connectivity index (χ1n) is 6.41. The molecule has 2 aromatic rings. The van der Waals surface area contributed by atoms with Gasteiger partial charge < -0.3 is 9.88 Å². The van der Waals surface area contributed by atoms with E-state index in [-0.39, 0.29) is 0 Å². The van der Waals surface area contributed by atoms with Crippen molar-refractivity contribution in [3.63, 3.8) is 0 Å². The molecule has 1 saturated heterocycles. The van der Waals surface area contributed by atoms with Gasteiger partial charge in [0.15, 0.2) is 0 Å². The highest BCUT2D eigenvalue weighted by molar-refractivity contribution is 5.76. The summed E-state index contributed by atoms with van der Waals surface area (Å²) in [4.78, 5) is 4.65. The molecule has 2 heterocycles. The second-order valence-electron chi connectivity index (χ2n) is 5.06. The van der Waals surface area contributed by atoms with Gasteiger partial charge in [-0.1, -0.05) is 6.07 Å². The number of rotatable bonds is 2. The molecular weight excluding hydrogens is 210 g/mol. The van der Waals surface area contributed by atoms with Gasteiger partial charge in [0.2, 0.25) is 0 Å². The van der Waals surface area contributed by atoms with Gasteiger partial charge in [-0.25, -0.2) is 4.98 Å². The van der Waals surface area contributed by atoms with E-state index < -0.39 is 0 Å². The van der Waals surface area contributed by atoms with Crippen LogP contribution in [0.15, 0.2) is 18.2 Å². The van der Waals surface area contributed by atoms with Gasteiger partial charge in [0.25, 0.3) is 0 Å². The van der Waals surface area contributed by atoms with Crippen LogP contribution >= 0.6 is 0 Å². The van der Waals surface area contributed by atoms with E-state index in [1.165, 1.54) is 23.9 Å². The van der Waals surface area contributed by atoms with Gasteiger partial charge in [0, 0.05) is 12.6 Å². The van der Waals surface area contributed by atoms with Crippen molar-refractivity contribution in [3.8, 4) is 0 Å². The molecule has 17 heavy (non-hydrogen) atoms. The molecule has 3 nitrogen and oxygen atoms in total. The average Bonchev–Trinajstić information content (AvgIpc) is 2.88. The molecule has 1 fully saturated rings. The summed E-state index contributed by atoms with van der Waals surface area (Å²) in [5, 5.41) is 3.55. The third-order valence-electron chi connectivity index (χ3n) is 3.66. The zero-order chi connectivity index (χ0) is 11.8. The van der Waals surface area contributed by atoms with Crippen molar-refractivity contribution in [1.29, 1.82) is 0 Å². The van der Waals surface area contributed by atoms with Crippen LogP contribution in [-0.4, -0.2) is 22.1 Å². The lowest BCUT2D eigenvalue weighted by molar-refractivity contribution is 0.510. The zero-order valence-electron chi connectivity index (χ0n) is 10.5. The average molecular weight is 229 g/mol. The van der Waals surface area contributed by atoms with E-state index in [9.17, 15) is 0 Å². The molecule has 0 aliphatic carbocycles. The molecule has 0 amide bonds. The molecule has 1 aromatic heterocycles. The van der Waals surface area contributed by atoms with Crippen molar-refractivity contribution in [2.45, 2.75) is 39.3 Å². The largest absolute Gasteiger partial charge is 0.327 e. The molecule has 1 atom stereocenters. The van der Waals surface area contributed by atoms with E-state index in [1.54, 1.807) is 0 Å². The number of nitrogens with one attached hydrogen (secondary N) is 1. The number of aromatic nitrogens is 2. The van der Waals surface area contributed by atoms with E-state index in [0.29, 0.717) is 6.04 Å². The maximum Gasteiger partial charge on any atom is 0.106 e. The van der Waals surface area contributed by atoms with Gasteiger partial charge in [-0.2, -0.15) is 0 Å². The maximum atomic E-state index is 4.65. The topological polar surface area (TPSA) is 29.9 Å². The Kier molecular flexibility index (Phi) is 2.63. The summed E-state index contributed by atoms with van der Waals surface area (Å²) < 4.78 is 2.35. The Morgan fingerprint density at radius 2 is 2.29 bits per heavy atom. The SMILES string of the molecule is Cc1ccc2c(c1)nc(C)n2CC1CCCN1. The number of hydrogen-bond donors (Lipinski definition) is 1. The van der Waals surface area contributed by atoms with E-state index in [0.717, 1.165) is 24.4 Å². The molecule has 0 radical (unpaired) electrons. The number of nitrogens with zero attached hydrogens (tertiary/aromatic N) is 2. The second kappa shape index (κ2) is 4.15. The van der Waals surface area contributed by atoms with Crippen molar-refractivity contribution in [1.82, 2.24) is 14.9 Å². The highest BCUT2D eigenvalue weighted by atomic mass is 15.1. The molecule has 0 bridgehead atoms. The summed E-state index contributed by atoms with van der Waals surface area (Å²) in [7, 11) is 0. The summed E-state index contributed by atoms with van der Waals surface area (Å²) in [6.07, 6.45) is 2.58. The fourth-order valence-corrected chi connectivity index (χ4v) is 2.72. The van der Waals surface area contributed by atoms with Crippen molar-refractivity contribution in [2.75, 3.05) is 6.54 Å². The lowest BCUT2D eigenvalue weighted by atomic mass is 10.2. The highest BCUT2D eigenvalue weighted by Gasteiger charge is 2.17. The summed E-state index contributed by atoms with van der Waals surface area (Å²) in [6, 6.07) is 7.15. The van der Waals surface area contributed by atoms with Crippen LogP contribution in [0.2, 0.25) is 0 Å². The first kappa shape index (κ1) is 10.8. The lowest BCUT2D eigenvalue weighted by Crippen LogP contribution is -2.27. The molecule has 1 aliphatic rings. The van der Waals surface area contributed by atoms with Gasteiger partial charge >= 0.3 is 0 Å². The van der Waals surface area contributed by atoms with Gasteiger partial charge in [0.1, 0.15) is 5.82 Å². The predicted octanol–water partition coefficient (Wildman–Crippen LogP) is 2.41. The Labute approximate surface area is 102 Å². The Morgan fingerprint density at radius 1 is 1.41 bits per heavy atom. The minimum Gasteiger partial charge on any atom is -0.327 e. The fourth-order valence-electron chi connectivity index (χ4n) is 2.72. The quantitative estimate of drug-likeness (QED) is 0.857. The number of fused-ring (bicyclic) bond motifs is 1. The number of imidazole rings is 1. The molecule has 3 rings (SSSR count). The molecule has 0 saturated carbocycles. The van der Waals surface area contributed by atoms with Crippen LogP contribution in [0, 0.1) is 13.8 Å². The van der Waals surface area contributed by atoms with E-state index in [2.05, 4.69) is 46.9 Å². The minimum atomic E-state index is 0.618. The van der Waals surface area contributed by atoms with Crippen molar-refractivity contribution >= 4 is 11.0 Å². The number of benzene rings is 1. The Hall–Kier alpha value is -1.35. The van der Waals surface area contributed by atoms with Gasteiger partial charge in [-0.15, -0.1) is 0 Å². The smallest absolute Gasteiger partial charge is 0.106 e. The van der Waals surface area contributed by atoms with Crippen LogP contribution in [0.3, 0.4) is 0 Å². The van der Waals surface area contributed by atoms with Crippen LogP contribution in [-0.2, 0) is 6.54 Å². The minimum absolute atomic E-state index is 0.618. The van der Waals surface area contributed by atoms with Crippen molar-refractivity contribution in [2.24, 2.45) is 0 Å². The zero-order valence-corrected chi connectivity index (χ0v) is 10.5. The Bertz CT molecular complexity index is 536. The standard InChI is InChI=1S/C14H19N3/c1-10-5-6-14-13(8-10)16-11(2)17(14)9-12-4-3-7-15-12/h5-6,8,12,15H,3-4,7,9H2,1-2H3. The highest BCUT2D eigenvalue weighted by Crippen LogP contribution is 2.19. The summed E-state index contributed by atoms with van der Waals surface area (Å²) in [5.74, 6) is 1.12. The van der Waals surface area contributed by atoms with E-state index in [1.807, 2.05) is 0 Å². The molecule has 90 valence electrons. The maximum absolute atomic E-state index is 4.65. The molecule has 1 aromatic carbocycles. The summed E-state index contributed by atoms with van der Waals surface area (Å²) in [6.45, 7) is 6.43. The van der Waals surface area contributed by atoms with E-state index >= 15 is 0 Å². The molecular formula is C14H19N3. The first-order chi connectivity index (χ1) is 8.24. The first-order valence-corrected chi connectivity index (χ1v) is 6.41. The third-order valence-corrected chi connectivity index (χ3v) is 3.66. The lowest BCUT2D eigenvalue weighted by Gasteiger charge is -2.13. The van der Waals surface area contributed by atoms with Crippen molar-refractivity contribution in [3.05, 3.63) is 29.6 Å². The van der Waals surface area contributed by atoms with Gasteiger partial charge in [-0.3, -0.25) is 0 Å². The van der Waals surface area contributed by atoms with Crippen LogP contribution < -0.4 is 5.32 Å².